The van der Waals surface area contributed by atoms with E-state index in [1.807, 2.05) is 18.2 Å². The van der Waals surface area contributed by atoms with Crippen molar-refractivity contribution in [2.45, 2.75) is 12.8 Å². The number of primary amides is 1. The largest absolute Gasteiger partial charge is 0.410 e. The van der Waals surface area contributed by atoms with E-state index in [1.54, 1.807) is 6.07 Å². The Balaban J connectivity index is 2.42. The third-order valence-electron chi connectivity index (χ3n) is 2.23. The highest BCUT2D eigenvalue weighted by atomic mass is 16.5. The van der Waals surface area contributed by atoms with Gasteiger partial charge in [0.05, 0.1) is 0 Å². The summed E-state index contributed by atoms with van der Waals surface area (Å²) in [6.45, 7) is 0. The van der Waals surface area contributed by atoms with Crippen LogP contribution in [0.4, 0.5) is 4.79 Å². The van der Waals surface area contributed by atoms with E-state index in [4.69, 9.17) is 10.5 Å². The number of allylic oxidation sites excluding steroid dienone is 1. The van der Waals surface area contributed by atoms with Gasteiger partial charge in [-0.05, 0) is 24.5 Å². The van der Waals surface area contributed by atoms with Crippen molar-refractivity contribution < 1.29 is 9.53 Å². The summed E-state index contributed by atoms with van der Waals surface area (Å²) >= 11 is 0. The Hall–Kier alpha value is -1.77. The zero-order valence-corrected chi connectivity index (χ0v) is 7.69. The quantitative estimate of drug-likeness (QED) is 0.735. The zero-order chi connectivity index (χ0) is 9.97. The van der Waals surface area contributed by atoms with Crippen LogP contribution in [0.2, 0.25) is 0 Å². The van der Waals surface area contributed by atoms with Crippen LogP contribution < -0.4 is 10.5 Å². The van der Waals surface area contributed by atoms with Crippen LogP contribution >= 0.6 is 0 Å². The minimum atomic E-state index is -0.766. The van der Waals surface area contributed by atoms with E-state index in [1.165, 1.54) is 5.56 Å². The number of nitrogens with two attached hydrogens (primary N) is 1. The van der Waals surface area contributed by atoms with Gasteiger partial charge < -0.3 is 10.5 Å². The van der Waals surface area contributed by atoms with Crippen LogP contribution in [-0.2, 0) is 6.42 Å². The molecule has 1 aliphatic carbocycles. The molecule has 0 aliphatic heterocycles. The van der Waals surface area contributed by atoms with Crippen molar-refractivity contribution in [3.05, 3.63) is 35.4 Å². The topological polar surface area (TPSA) is 52.3 Å². The van der Waals surface area contributed by atoms with Gasteiger partial charge >= 0.3 is 6.09 Å². The number of carbonyl (C=O) groups excluding carboxylic acids is 1. The van der Waals surface area contributed by atoms with E-state index < -0.39 is 6.09 Å². The Morgan fingerprint density at radius 3 is 3.07 bits per heavy atom. The van der Waals surface area contributed by atoms with E-state index in [9.17, 15) is 4.79 Å². The van der Waals surface area contributed by atoms with Crippen LogP contribution in [0.1, 0.15) is 17.5 Å². The molecule has 0 radical (unpaired) electrons. The number of benzene rings is 1. The van der Waals surface area contributed by atoms with Gasteiger partial charge in [-0.2, -0.15) is 0 Å². The zero-order valence-electron chi connectivity index (χ0n) is 7.69. The highest BCUT2D eigenvalue weighted by molar-refractivity contribution is 5.72. The van der Waals surface area contributed by atoms with Crippen LogP contribution in [0.15, 0.2) is 24.3 Å². The maximum atomic E-state index is 10.6. The first kappa shape index (κ1) is 8.81. The predicted molar refractivity (Wildman–Crippen MR) is 54.0 cm³/mol. The molecule has 2 N–H and O–H groups in total. The molecule has 0 aromatic heterocycles. The summed E-state index contributed by atoms with van der Waals surface area (Å²) in [4.78, 5) is 10.6. The minimum absolute atomic E-state index is 0.547. The fourth-order valence-electron chi connectivity index (χ4n) is 1.63. The molecule has 0 bridgehead atoms. The van der Waals surface area contributed by atoms with Gasteiger partial charge in [-0.1, -0.05) is 24.3 Å². The van der Waals surface area contributed by atoms with Gasteiger partial charge in [0.1, 0.15) is 5.75 Å². The summed E-state index contributed by atoms with van der Waals surface area (Å²) in [7, 11) is 0. The van der Waals surface area contributed by atoms with Gasteiger partial charge in [0.25, 0.3) is 0 Å². The van der Waals surface area contributed by atoms with Crippen molar-refractivity contribution in [1.82, 2.24) is 0 Å². The van der Waals surface area contributed by atoms with Crippen molar-refractivity contribution in [3.63, 3.8) is 0 Å². The molecule has 3 nitrogen and oxygen atoms in total. The molecule has 0 unspecified atom stereocenters. The smallest absolute Gasteiger partial charge is 0.409 e. The molecule has 14 heavy (non-hydrogen) atoms. The second-order valence-corrected chi connectivity index (χ2v) is 3.19. The molecule has 1 aliphatic rings. The van der Waals surface area contributed by atoms with Crippen LogP contribution in [0.5, 0.6) is 5.75 Å². The van der Waals surface area contributed by atoms with Gasteiger partial charge in [-0.25, -0.2) is 4.79 Å². The lowest BCUT2D eigenvalue weighted by Gasteiger charge is -2.13. The lowest BCUT2D eigenvalue weighted by atomic mass is 9.97. The maximum Gasteiger partial charge on any atom is 0.409 e. The molecule has 0 saturated heterocycles. The van der Waals surface area contributed by atoms with E-state index in [2.05, 4.69) is 6.08 Å². The lowest BCUT2D eigenvalue weighted by Crippen LogP contribution is -2.17. The standard InChI is InChI=1S/C11H11NO2/c12-11(13)14-10-7-3-5-8-4-1-2-6-9(8)10/h2-3,5-7H,1,4H2,(H2,12,13). The van der Waals surface area contributed by atoms with E-state index in [0.29, 0.717) is 5.75 Å². The van der Waals surface area contributed by atoms with Crippen molar-refractivity contribution >= 4 is 12.2 Å². The van der Waals surface area contributed by atoms with Gasteiger partial charge in [0, 0.05) is 5.56 Å². The van der Waals surface area contributed by atoms with Crippen molar-refractivity contribution in [2.75, 3.05) is 0 Å². The van der Waals surface area contributed by atoms with Crippen LogP contribution in [0, 0.1) is 0 Å². The summed E-state index contributed by atoms with van der Waals surface area (Å²) < 4.78 is 4.90. The van der Waals surface area contributed by atoms with Crippen LogP contribution in [-0.4, -0.2) is 6.09 Å². The molecule has 0 fully saturated rings. The molecule has 1 amide bonds. The number of ether oxygens (including phenoxy) is 1. The number of aryl methyl sites for hydroxylation is 1. The van der Waals surface area contributed by atoms with E-state index in [-0.39, 0.29) is 0 Å². The first-order valence-corrected chi connectivity index (χ1v) is 4.53. The van der Waals surface area contributed by atoms with Crippen molar-refractivity contribution in [1.29, 1.82) is 0 Å². The monoisotopic (exact) mass is 189 g/mol. The van der Waals surface area contributed by atoms with Gasteiger partial charge in [-0.15, -0.1) is 0 Å². The number of fused-ring (bicyclic) bond motifs is 1. The van der Waals surface area contributed by atoms with Crippen molar-refractivity contribution in [2.24, 2.45) is 5.73 Å². The molecule has 0 heterocycles. The molecule has 3 heteroatoms. The fourth-order valence-corrected chi connectivity index (χ4v) is 1.63. The van der Waals surface area contributed by atoms with Crippen LogP contribution in [0.25, 0.3) is 6.08 Å². The number of hydrogen-bond donors (Lipinski definition) is 1. The molecular weight excluding hydrogens is 178 g/mol. The maximum absolute atomic E-state index is 10.6. The Kier molecular flexibility index (Phi) is 2.23. The van der Waals surface area contributed by atoms with Gasteiger partial charge in [0.15, 0.2) is 0 Å². The summed E-state index contributed by atoms with van der Waals surface area (Å²) in [6.07, 6.45) is 5.29. The number of amides is 1. The van der Waals surface area contributed by atoms with E-state index >= 15 is 0 Å². The molecular formula is C11H11NO2. The third-order valence-corrected chi connectivity index (χ3v) is 2.23. The minimum Gasteiger partial charge on any atom is -0.410 e. The highest BCUT2D eigenvalue weighted by Crippen LogP contribution is 2.28. The van der Waals surface area contributed by atoms with Crippen molar-refractivity contribution in [3.8, 4) is 5.75 Å². The summed E-state index contributed by atoms with van der Waals surface area (Å²) in [5, 5.41) is 0. The molecule has 1 aromatic rings. The first-order chi connectivity index (χ1) is 6.77. The second-order valence-electron chi connectivity index (χ2n) is 3.19. The fraction of sp³-hybridized carbons (Fsp3) is 0.182. The SMILES string of the molecule is NC(=O)Oc1cccc2c1C=CCC2. The molecule has 0 saturated carbocycles. The number of rotatable bonds is 1. The molecule has 0 spiro atoms. The Bertz CT molecular complexity index is 396. The highest BCUT2D eigenvalue weighted by Gasteiger charge is 2.10. The molecule has 72 valence electrons. The van der Waals surface area contributed by atoms with Crippen LogP contribution in [0.3, 0.4) is 0 Å². The lowest BCUT2D eigenvalue weighted by molar-refractivity contribution is 0.210. The average Bonchev–Trinajstić information content (AvgIpc) is 2.18. The normalized spacial score (nSPS) is 13.4. The summed E-state index contributed by atoms with van der Waals surface area (Å²) in [6, 6.07) is 5.65. The molecule has 0 atom stereocenters. The second kappa shape index (κ2) is 3.54. The Morgan fingerprint density at radius 1 is 1.43 bits per heavy atom. The summed E-state index contributed by atoms with van der Waals surface area (Å²) in [5.74, 6) is 0.547. The molecule has 2 rings (SSSR count). The molecule has 1 aromatic carbocycles. The van der Waals surface area contributed by atoms with Gasteiger partial charge in [-0.3, -0.25) is 0 Å². The number of hydrogen-bond acceptors (Lipinski definition) is 2. The summed E-state index contributed by atoms with van der Waals surface area (Å²) in [5.41, 5.74) is 7.14. The predicted octanol–water partition coefficient (Wildman–Crippen LogP) is 2.10. The number of carbonyl (C=O) groups is 1. The first-order valence-electron chi connectivity index (χ1n) is 4.53. The Morgan fingerprint density at radius 2 is 2.29 bits per heavy atom. The van der Waals surface area contributed by atoms with E-state index in [0.717, 1.165) is 18.4 Å². The van der Waals surface area contributed by atoms with Gasteiger partial charge in [0.2, 0.25) is 0 Å². The Labute approximate surface area is 82.2 Å². The average molecular weight is 189 g/mol. The third kappa shape index (κ3) is 1.62.